The van der Waals surface area contributed by atoms with E-state index >= 15 is 0 Å². The number of amides is 1. The van der Waals surface area contributed by atoms with Crippen LogP contribution in [-0.4, -0.2) is 50.7 Å². The van der Waals surface area contributed by atoms with Crippen LogP contribution in [0.4, 0.5) is 0 Å². The van der Waals surface area contributed by atoms with Crippen molar-refractivity contribution in [3.63, 3.8) is 0 Å². The summed E-state index contributed by atoms with van der Waals surface area (Å²) in [5, 5.41) is 3.01. The first kappa shape index (κ1) is 24.4. The first-order chi connectivity index (χ1) is 15.2. The molecule has 0 bridgehead atoms. The molecular formula is C25H35N3O3S. The number of hydrogen-bond acceptors (Lipinski definition) is 4. The Labute approximate surface area is 192 Å². The van der Waals surface area contributed by atoms with Gasteiger partial charge >= 0.3 is 0 Å². The average molecular weight is 458 g/mol. The zero-order chi connectivity index (χ0) is 23.3. The minimum atomic E-state index is -3.52. The molecule has 1 heterocycles. The second kappa shape index (κ2) is 10.6. The summed E-state index contributed by atoms with van der Waals surface area (Å²) in [5.74, 6) is 0.204. The van der Waals surface area contributed by atoms with E-state index in [4.69, 9.17) is 0 Å². The highest BCUT2D eigenvalue weighted by atomic mass is 32.2. The first-order valence-corrected chi connectivity index (χ1v) is 12.7. The molecule has 6 nitrogen and oxygen atoms in total. The molecule has 1 aliphatic rings. The van der Waals surface area contributed by atoms with Crippen molar-refractivity contribution < 1.29 is 13.2 Å². The van der Waals surface area contributed by atoms with E-state index in [0.29, 0.717) is 43.3 Å². The van der Waals surface area contributed by atoms with Crippen LogP contribution in [0.15, 0.2) is 53.4 Å². The summed E-state index contributed by atoms with van der Waals surface area (Å²) in [6.45, 7) is 6.27. The number of benzene rings is 2. The van der Waals surface area contributed by atoms with Crippen molar-refractivity contribution in [3.8, 4) is 0 Å². The van der Waals surface area contributed by atoms with Crippen LogP contribution in [0.1, 0.15) is 49.3 Å². The second-order valence-corrected chi connectivity index (χ2v) is 11.1. The molecule has 0 aliphatic carbocycles. The number of hydrogen-bond donors (Lipinski definition) is 1. The molecular weight excluding hydrogens is 422 g/mol. The van der Waals surface area contributed by atoms with Crippen LogP contribution < -0.4 is 5.32 Å². The molecule has 1 amide bonds. The van der Waals surface area contributed by atoms with Gasteiger partial charge in [0.05, 0.1) is 4.90 Å². The number of nitrogens with zero attached hydrogens (tertiary/aromatic N) is 2. The summed E-state index contributed by atoms with van der Waals surface area (Å²) in [4.78, 5) is 15.1. The molecule has 0 saturated carbocycles. The van der Waals surface area contributed by atoms with E-state index in [1.165, 1.54) is 9.87 Å². The van der Waals surface area contributed by atoms with Crippen molar-refractivity contribution in [2.24, 2.45) is 5.92 Å². The summed E-state index contributed by atoms with van der Waals surface area (Å²) in [5.41, 5.74) is 3.41. The summed E-state index contributed by atoms with van der Waals surface area (Å²) < 4.78 is 27.4. The highest BCUT2D eigenvalue weighted by molar-refractivity contribution is 7.89. The smallest absolute Gasteiger partial charge is 0.243 e. The van der Waals surface area contributed by atoms with Gasteiger partial charge in [-0.05, 0) is 61.7 Å². The van der Waals surface area contributed by atoms with E-state index in [1.54, 1.807) is 12.1 Å². The molecule has 0 aromatic heterocycles. The van der Waals surface area contributed by atoms with Gasteiger partial charge in [0, 0.05) is 32.1 Å². The molecule has 0 atom stereocenters. The van der Waals surface area contributed by atoms with E-state index in [0.717, 1.165) is 17.7 Å². The van der Waals surface area contributed by atoms with Crippen molar-refractivity contribution in [2.75, 3.05) is 27.2 Å². The molecule has 2 aromatic carbocycles. The SMILES string of the molecule is CC(C)c1ccc(S(=O)(=O)N2CCC(C(=O)NCc3ccc(CN(C)C)cc3)CC2)cc1. The number of nitrogens with one attached hydrogen (secondary N) is 1. The Morgan fingerprint density at radius 1 is 1.00 bits per heavy atom. The quantitative estimate of drug-likeness (QED) is 0.658. The van der Waals surface area contributed by atoms with Crippen LogP contribution in [0.5, 0.6) is 0 Å². The third-order valence-corrected chi connectivity index (χ3v) is 7.91. The molecule has 1 N–H and O–H groups in total. The minimum Gasteiger partial charge on any atom is -0.352 e. The first-order valence-electron chi connectivity index (χ1n) is 11.3. The lowest BCUT2D eigenvalue weighted by Gasteiger charge is -2.30. The van der Waals surface area contributed by atoms with Gasteiger partial charge in [0.15, 0.2) is 0 Å². The van der Waals surface area contributed by atoms with Gasteiger partial charge in [-0.3, -0.25) is 4.79 Å². The molecule has 1 aliphatic heterocycles. The van der Waals surface area contributed by atoms with Gasteiger partial charge in [0.1, 0.15) is 0 Å². The van der Waals surface area contributed by atoms with Gasteiger partial charge in [-0.15, -0.1) is 0 Å². The Kier molecular flexibility index (Phi) is 8.09. The fourth-order valence-corrected chi connectivity index (χ4v) is 5.46. The zero-order valence-corrected chi connectivity index (χ0v) is 20.4. The maximum atomic E-state index is 13.0. The summed E-state index contributed by atoms with van der Waals surface area (Å²) in [7, 11) is 0.546. The van der Waals surface area contributed by atoms with Crippen LogP contribution in [0.25, 0.3) is 0 Å². The maximum absolute atomic E-state index is 13.0. The molecule has 174 valence electrons. The van der Waals surface area contributed by atoms with Crippen molar-refractivity contribution >= 4 is 15.9 Å². The molecule has 32 heavy (non-hydrogen) atoms. The van der Waals surface area contributed by atoms with Crippen molar-refractivity contribution in [1.82, 2.24) is 14.5 Å². The topological polar surface area (TPSA) is 69.7 Å². The molecule has 1 saturated heterocycles. The van der Waals surface area contributed by atoms with E-state index in [2.05, 4.69) is 36.2 Å². The summed E-state index contributed by atoms with van der Waals surface area (Å²) in [6, 6.07) is 15.4. The number of rotatable bonds is 8. The van der Waals surface area contributed by atoms with Crippen LogP contribution in [0.2, 0.25) is 0 Å². The van der Waals surface area contributed by atoms with Crippen molar-refractivity contribution in [2.45, 2.75) is 50.6 Å². The van der Waals surface area contributed by atoms with Crippen LogP contribution in [0.3, 0.4) is 0 Å². The van der Waals surface area contributed by atoms with Gasteiger partial charge in [-0.2, -0.15) is 4.31 Å². The summed E-state index contributed by atoms with van der Waals surface area (Å²) >= 11 is 0. The third kappa shape index (κ3) is 6.18. The molecule has 7 heteroatoms. The van der Waals surface area contributed by atoms with E-state index < -0.39 is 10.0 Å². The van der Waals surface area contributed by atoms with Gasteiger partial charge in [0.25, 0.3) is 0 Å². The largest absolute Gasteiger partial charge is 0.352 e. The number of carbonyl (C=O) groups is 1. The Hall–Kier alpha value is -2.22. The molecule has 2 aromatic rings. The second-order valence-electron chi connectivity index (χ2n) is 9.17. The molecule has 0 radical (unpaired) electrons. The van der Waals surface area contributed by atoms with Crippen molar-refractivity contribution in [1.29, 1.82) is 0 Å². The zero-order valence-electron chi connectivity index (χ0n) is 19.5. The minimum absolute atomic E-state index is 0.000650. The van der Waals surface area contributed by atoms with Crippen molar-refractivity contribution in [3.05, 3.63) is 65.2 Å². The van der Waals surface area contributed by atoms with Gasteiger partial charge in [0.2, 0.25) is 15.9 Å². The molecule has 3 rings (SSSR count). The van der Waals surface area contributed by atoms with Crippen LogP contribution in [-0.2, 0) is 27.9 Å². The lowest BCUT2D eigenvalue weighted by atomic mass is 9.97. The Balaban J connectivity index is 1.50. The fraction of sp³-hybridized carbons (Fsp3) is 0.480. The highest BCUT2D eigenvalue weighted by Gasteiger charge is 2.32. The normalized spacial score (nSPS) is 15.9. The van der Waals surface area contributed by atoms with Gasteiger partial charge < -0.3 is 10.2 Å². The maximum Gasteiger partial charge on any atom is 0.243 e. The highest BCUT2D eigenvalue weighted by Crippen LogP contribution is 2.25. The number of carbonyl (C=O) groups excluding carboxylic acids is 1. The molecule has 0 unspecified atom stereocenters. The van der Waals surface area contributed by atoms with Gasteiger partial charge in [-0.25, -0.2) is 8.42 Å². The number of sulfonamides is 1. The average Bonchev–Trinajstić information content (AvgIpc) is 2.78. The van der Waals surface area contributed by atoms with E-state index in [-0.39, 0.29) is 11.8 Å². The Morgan fingerprint density at radius 3 is 2.09 bits per heavy atom. The molecule has 1 fully saturated rings. The monoisotopic (exact) mass is 457 g/mol. The number of piperidine rings is 1. The standard InChI is InChI=1S/C25H35N3O3S/c1-19(2)22-9-11-24(12-10-22)32(30,31)28-15-13-23(14-16-28)25(29)26-17-20-5-7-21(8-6-20)18-27(3)4/h5-12,19,23H,13-18H2,1-4H3,(H,26,29). The lowest BCUT2D eigenvalue weighted by molar-refractivity contribution is -0.126. The predicted octanol–water partition coefficient (Wildman–Crippen LogP) is 3.59. The molecule has 0 spiro atoms. The predicted molar refractivity (Wildman–Crippen MR) is 128 cm³/mol. The van der Waals surface area contributed by atoms with Gasteiger partial charge in [-0.1, -0.05) is 50.2 Å². The van der Waals surface area contributed by atoms with E-state index in [1.807, 2.05) is 38.4 Å². The summed E-state index contributed by atoms with van der Waals surface area (Å²) in [6.07, 6.45) is 1.08. The Morgan fingerprint density at radius 2 is 1.56 bits per heavy atom. The van der Waals surface area contributed by atoms with Crippen LogP contribution >= 0.6 is 0 Å². The Bertz CT molecular complexity index is 992. The third-order valence-electron chi connectivity index (χ3n) is 6.00. The van der Waals surface area contributed by atoms with Crippen LogP contribution in [0, 0.1) is 5.92 Å². The fourth-order valence-electron chi connectivity index (χ4n) is 3.99. The van der Waals surface area contributed by atoms with E-state index in [9.17, 15) is 13.2 Å². The lowest BCUT2D eigenvalue weighted by Crippen LogP contribution is -2.42.